The number of hydrogen-bond donors (Lipinski definition) is 0. The van der Waals surface area contributed by atoms with Crippen LogP contribution in [-0.2, 0) is 0 Å². The van der Waals surface area contributed by atoms with Gasteiger partial charge in [-0.15, -0.1) is 0 Å². The minimum atomic E-state index is 0.0790. The molecule has 0 heterocycles. The van der Waals surface area contributed by atoms with E-state index in [1.807, 2.05) is 42.5 Å². The van der Waals surface area contributed by atoms with E-state index in [1.54, 1.807) is 6.08 Å². The third-order valence-corrected chi connectivity index (χ3v) is 3.37. The van der Waals surface area contributed by atoms with Gasteiger partial charge in [-0.1, -0.05) is 58.4 Å². The van der Waals surface area contributed by atoms with Crippen molar-refractivity contribution in [3.63, 3.8) is 0 Å². The molecule has 0 spiro atoms. The lowest BCUT2D eigenvalue weighted by atomic mass is 10.0. The number of carbonyl (C=O) groups is 1. The first-order valence-electron chi connectivity index (χ1n) is 6.07. The van der Waals surface area contributed by atoms with Crippen LogP contribution in [0.1, 0.15) is 23.2 Å². The predicted octanol–water partition coefficient (Wildman–Crippen LogP) is 4.75. The fourth-order valence-corrected chi connectivity index (χ4v) is 2.15. The third kappa shape index (κ3) is 3.30. The molecule has 0 unspecified atom stereocenters. The molecule has 0 aliphatic rings. The molecular formula is C16H15BrO. The van der Waals surface area contributed by atoms with Crippen LogP contribution in [0.2, 0.25) is 0 Å². The van der Waals surface area contributed by atoms with E-state index in [-0.39, 0.29) is 5.78 Å². The van der Waals surface area contributed by atoms with Gasteiger partial charge in [0.05, 0.1) is 0 Å². The highest BCUT2D eigenvalue weighted by molar-refractivity contribution is 9.09. The summed E-state index contributed by atoms with van der Waals surface area (Å²) in [4.78, 5) is 12.0. The lowest BCUT2D eigenvalue weighted by Crippen LogP contribution is -1.93. The van der Waals surface area contributed by atoms with Crippen LogP contribution in [0.3, 0.4) is 0 Å². The van der Waals surface area contributed by atoms with Crippen LogP contribution in [0, 0.1) is 0 Å². The van der Waals surface area contributed by atoms with Gasteiger partial charge in [0.25, 0.3) is 0 Å². The van der Waals surface area contributed by atoms with Crippen molar-refractivity contribution < 1.29 is 4.79 Å². The van der Waals surface area contributed by atoms with E-state index in [2.05, 4.69) is 22.0 Å². The Hall–Kier alpha value is -1.41. The molecule has 2 aromatic rings. The second-order valence-corrected chi connectivity index (χ2v) is 4.95. The molecule has 0 radical (unpaired) electrons. The number of halogens is 1. The van der Waals surface area contributed by atoms with Crippen LogP contribution in [-0.4, -0.2) is 11.1 Å². The third-order valence-electron chi connectivity index (χ3n) is 2.81. The minimum Gasteiger partial charge on any atom is -0.289 e. The molecule has 0 atom stereocenters. The first-order chi connectivity index (χ1) is 8.81. The fourth-order valence-electron chi connectivity index (χ4n) is 1.82. The quantitative estimate of drug-likeness (QED) is 0.337. The van der Waals surface area contributed by atoms with Crippen LogP contribution >= 0.6 is 15.9 Å². The monoisotopic (exact) mass is 302 g/mol. The first-order valence-corrected chi connectivity index (χ1v) is 7.19. The Morgan fingerprint density at radius 1 is 1.11 bits per heavy atom. The molecule has 2 aromatic carbocycles. The van der Waals surface area contributed by atoms with Gasteiger partial charge in [-0.2, -0.15) is 0 Å². The van der Waals surface area contributed by atoms with Gasteiger partial charge in [-0.3, -0.25) is 4.79 Å². The maximum Gasteiger partial charge on any atom is 0.185 e. The van der Waals surface area contributed by atoms with Gasteiger partial charge in [0, 0.05) is 10.9 Å². The predicted molar refractivity (Wildman–Crippen MR) is 80.4 cm³/mol. The number of ketones is 1. The Morgan fingerprint density at radius 2 is 1.89 bits per heavy atom. The molecule has 0 saturated carbocycles. The maximum absolute atomic E-state index is 12.0. The van der Waals surface area contributed by atoms with Crippen molar-refractivity contribution >= 4 is 32.5 Å². The Kier molecular flexibility index (Phi) is 4.71. The molecule has 0 N–H and O–H groups in total. The molecule has 2 rings (SSSR count). The van der Waals surface area contributed by atoms with Crippen LogP contribution in [0.4, 0.5) is 0 Å². The topological polar surface area (TPSA) is 17.1 Å². The Morgan fingerprint density at radius 3 is 2.67 bits per heavy atom. The zero-order chi connectivity index (χ0) is 12.8. The van der Waals surface area contributed by atoms with E-state index in [0.717, 1.165) is 34.5 Å². The maximum atomic E-state index is 12.0. The minimum absolute atomic E-state index is 0.0790. The van der Waals surface area contributed by atoms with Crippen molar-refractivity contribution in [1.29, 1.82) is 0 Å². The Bertz CT molecular complexity index is 572. The summed E-state index contributed by atoms with van der Waals surface area (Å²) in [6.07, 6.45) is 5.61. The van der Waals surface area contributed by atoms with Crippen molar-refractivity contribution in [2.45, 2.75) is 12.8 Å². The highest BCUT2D eigenvalue weighted by atomic mass is 79.9. The summed E-state index contributed by atoms with van der Waals surface area (Å²) < 4.78 is 0. The highest BCUT2D eigenvalue weighted by Gasteiger charge is 2.02. The normalized spacial score (nSPS) is 11.2. The molecule has 1 nitrogen and oxygen atoms in total. The molecule has 0 fully saturated rings. The van der Waals surface area contributed by atoms with Crippen molar-refractivity contribution in [1.82, 2.24) is 0 Å². The van der Waals surface area contributed by atoms with Crippen LogP contribution in [0.25, 0.3) is 10.8 Å². The zero-order valence-corrected chi connectivity index (χ0v) is 11.7. The van der Waals surface area contributed by atoms with Crippen molar-refractivity contribution in [3.05, 3.63) is 60.2 Å². The highest BCUT2D eigenvalue weighted by Crippen LogP contribution is 2.16. The van der Waals surface area contributed by atoms with E-state index in [1.165, 1.54) is 0 Å². The molecule has 0 aliphatic carbocycles. The lowest BCUT2D eigenvalue weighted by molar-refractivity contribution is 0.104. The Balaban J connectivity index is 2.15. The van der Waals surface area contributed by atoms with E-state index < -0.39 is 0 Å². The molecule has 0 aliphatic heterocycles. The molecule has 92 valence electrons. The summed E-state index contributed by atoms with van der Waals surface area (Å²) in [5, 5.41) is 3.25. The van der Waals surface area contributed by atoms with Gasteiger partial charge in [0.2, 0.25) is 0 Å². The van der Waals surface area contributed by atoms with Gasteiger partial charge in [0.1, 0.15) is 0 Å². The van der Waals surface area contributed by atoms with Gasteiger partial charge >= 0.3 is 0 Å². The van der Waals surface area contributed by atoms with Crippen molar-refractivity contribution in [2.24, 2.45) is 0 Å². The summed E-state index contributed by atoms with van der Waals surface area (Å²) in [5.41, 5.74) is 0.754. The van der Waals surface area contributed by atoms with Crippen molar-refractivity contribution in [2.75, 3.05) is 5.33 Å². The summed E-state index contributed by atoms with van der Waals surface area (Å²) in [5.74, 6) is 0.0790. The number of carbonyl (C=O) groups excluding carboxylic acids is 1. The summed E-state index contributed by atoms with van der Waals surface area (Å²) in [6.45, 7) is 0. The molecule has 0 amide bonds. The van der Waals surface area contributed by atoms with Crippen LogP contribution in [0.15, 0.2) is 54.6 Å². The molecule has 0 bridgehead atoms. The van der Waals surface area contributed by atoms with E-state index in [0.29, 0.717) is 0 Å². The Labute approximate surface area is 116 Å². The molecule has 0 saturated heterocycles. The summed E-state index contributed by atoms with van der Waals surface area (Å²) >= 11 is 3.37. The number of rotatable bonds is 5. The number of unbranched alkanes of at least 4 members (excludes halogenated alkanes) is 1. The number of alkyl halides is 1. The lowest BCUT2D eigenvalue weighted by Gasteiger charge is -2.00. The average molecular weight is 303 g/mol. The number of hydrogen-bond acceptors (Lipinski definition) is 1. The van der Waals surface area contributed by atoms with E-state index >= 15 is 0 Å². The summed E-state index contributed by atoms with van der Waals surface area (Å²) in [7, 11) is 0. The molecule has 18 heavy (non-hydrogen) atoms. The number of benzene rings is 2. The van der Waals surface area contributed by atoms with E-state index in [9.17, 15) is 4.79 Å². The van der Waals surface area contributed by atoms with Gasteiger partial charge < -0.3 is 0 Å². The first kappa shape index (κ1) is 13.0. The summed E-state index contributed by atoms with van der Waals surface area (Å²) in [6, 6.07) is 13.9. The molecular weight excluding hydrogens is 288 g/mol. The van der Waals surface area contributed by atoms with Gasteiger partial charge in [0.15, 0.2) is 5.78 Å². The standard InChI is InChI=1S/C16H15BrO/c17-11-5-1-2-8-16(18)15-10-9-13-6-3-4-7-14(13)12-15/h2-4,6-10,12H,1,5,11H2/b8-2+. The SMILES string of the molecule is O=C(/C=C/CCCBr)c1ccc2ccccc2c1. The molecule has 0 aromatic heterocycles. The number of allylic oxidation sites excluding steroid dienone is 2. The van der Waals surface area contributed by atoms with Gasteiger partial charge in [-0.25, -0.2) is 0 Å². The smallest absolute Gasteiger partial charge is 0.185 e. The van der Waals surface area contributed by atoms with Crippen LogP contribution in [0.5, 0.6) is 0 Å². The van der Waals surface area contributed by atoms with Gasteiger partial charge in [-0.05, 0) is 35.8 Å². The molecule has 2 heteroatoms. The van der Waals surface area contributed by atoms with E-state index in [4.69, 9.17) is 0 Å². The largest absolute Gasteiger partial charge is 0.289 e. The second kappa shape index (κ2) is 6.50. The number of fused-ring (bicyclic) bond motifs is 1. The van der Waals surface area contributed by atoms with Crippen molar-refractivity contribution in [3.8, 4) is 0 Å². The average Bonchev–Trinajstić information content (AvgIpc) is 2.43. The van der Waals surface area contributed by atoms with Crippen LogP contribution < -0.4 is 0 Å². The fraction of sp³-hybridized carbons (Fsp3) is 0.188. The zero-order valence-electron chi connectivity index (χ0n) is 10.1. The second-order valence-electron chi connectivity index (χ2n) is 4.16.